The molecule has 1 aliphatic rings. The largest absolute Gasteiger partial charge is 0.490 e. The van der Waals surface area contributed by atoms with Gasteiger partial charge in [0.05, 0.1) is 31.2 Å². The number of hydrogen-bond acceptors (Lipinski definition) is 8. The monoisotopic (exact) mass is 365 g/mol. The molecule has 1 aromatic carbocycles. The Morgan fingerprint density at radius 1 is 1.15 bits per heavy atom. The lowest BCUT2D eigenvalue weighted by Crippen LogP contribution is -2.22. The van der Waals surface area contributed by atoms with Crippen molar-refractivity contribution >= 4 is 11.9 Å². The van der Waals surface area contributed by atoms with Crippen molar-refractivity contribution in [2.45, 2.75) is 5.92 Å². The maximum atomic E-state index is 12.1. The van der Waals surface area contributed by atoms with Crippen LogP contribution in [0.15, 0.2) is 36.9 Å². The first-order chi connectivity index (χ1) is 13.0. The van der Waals surface area contributed by atoms with E-state index < -0.39 is 28.7 Å². The summed E-state index contributed by atoms with van der Waals surface area (Å²) in [6.07, 6.45) is 1.05. The van der Waals surface area contributed by atoms with Crippen LogP contribution in [0.25, 0.3) is 0 Å². The van der Waals surface area contributed by atoms with Gasteiger partial charge in [-0.05, 0) is 17.7 Å². The number of benzene rings is 1. The van der Waals surface area contributed by atoms with E-state index in [0.29, 0.717) is 11.3 Å². The molecule has 2 rings (SSSR count). The fourth-order valence-electron chi connectivity index (χ4n) is 3.06. The fourth-order valence-corrected chi connectivity index (χ4v) is 3.06. The molecule has 2 atom stereocenters. The minimum absolute atomic E-state index is 0.0427. The predicted molar refractivity (Wildman–Crippen MR) is 89.6 cm³/mol. The maximum absolute atomic E-state index is 12.1. The minimum Gasteiger partial charge on any atom is -0.490 e. The molecule has 27 heavy (non-hydrogen) atoms. The van der Waals surface area contributed by atoms with Crippen molar-refractivity contribution in [3.63, 3.8) is 0 Å². The van der Waals surface area contributed by atoms with Crippen molar-refractivity contribution in [1.82, 2.24) is 0 Å². The Kier molecular flexibility index (Phi) is 5.48. The van der Waals surface area contributed by atoms with Crippen LogP contribution in [0.1, 0.15) is 11.5 Å². The molecule has 0 radical (unpaired) electrons. The van der Waals surface area contributed by atoms with Gasteiger partial charge in [-0.15, -0.1) is 0 Å². The van der Waals surface area contributed by atoms with Gasteiger partial charge in [0.15, 0.2) is 10.8 Å². The van der Waals surface area contributed by atoms with Gasteiger partial charge in [0.25, 0.3) is 0 Å². The molecule has 0 heterocycles. The number of carbonyl (C=O) groups is 2. The Hall–Kier alpha value is -3.83. The normalized spacial score (nSPS) is 21.5. The highest BCUT2D eigenvalue weighted by molar-refractivity contribution is 5.91. The molecule has 0 aliphatic heterocycles. The lowest BCUT2D eigenvalue weighted by molar-refractivity contribution is -0.145. The Morgan fingerprint density at radius 3 is 2.26 bits per heavy atom. The third-order valence-corrected chi connectivity index (χ3v) is 4.42. The summed E-state index contributed by atoms with van der Waals surface area (Å²) in [5.41, 5.74) is -3.21. The van der Waals surface area contributed by atoms with Crippen LogP contribution in [-0.2, 0) is 19.1 Å². The molecule has 0 aromatic heterocycles. The van der Waals surface area contributed by atoms with Gasteiger partial charge in [0.2, 0.25) is 0 Å². The van der Waals surface area contributed by atoms with Crippen LogP contribution in [0.4, 0.5) is 0 Å². The second-order valence-corrected chi connectivity index (χ2v) is 5.67. The Balaban J connectivity index is 2.17. The van der Waals surface area contributed by atoms with E-state index in [0.717, 1.165) is 13.2 Å². The molecule has 2 unspecified atom stereocenters. The van der Waals surface area contributed by atoms with Gasteiger partial charge in [-0.25, -0.2) is 4.79 Å². The zero-order valence-corrected chi connectivity index (χ0v) is 14.5. The van der Waals surface area contributed by atoms with Crippen LogP contribution < -0.4 is 4.74 Å². The summed E-state index contributed by atoms with van der Waals surface area (Å²) >= 11 is 0. The Labute approximate surface area is 155 Å². The Morgan fingerprint density at radius 2 is 1.78 bits per heavy atom. The molecular formula is C19H15N3O5. The zero-order valence-electron chi connectivity index (χ0n) is 14.5. The van der Waals surface area contributed by atoms with Crippen molar-refractivity contribution in [3.8, 4) is 24.0 Å². The molecular weight excluding hydrogens is 350 g/mol. The first-order valence-corrected chi connectivity index (χ1v) is 7.81. The van der Waals surface area contributed by atoms with Gasteiger partial charge in [-0.3, -0.25) is 4.79 Å². The predicted octanol–water partition coefficient (Wildman–Crippen LogP) is 1.61. The SMILES string of the molecule is C=CC(=O)OCCOc1ccc(C2C(C#N)(C#N)C2(C#N)C(=O)OC)cc1. The van der Waals surface area contributed by atoms with E-state index in [1.807, 2.05) is 18.2 Å². The highest BCUT2D eigenvalue weighted by Gasteiger charge is 2.85. The van der Waals surface area contributed by atoms with Crippen molar-refractivity contribution < 1.29 is 23.8 Å². The van der Waals surface area contributed by atoms with E-state index >= 15 is 0 Å². The molecule has 8 heteroatoms. The smallest absolute Gasteiger partial charge is 0.330 e. The summed E-state index contributed by atoms with van der Waals surface area (Å²) < 4.78 is 14.8. The zero-order chi connectivity index (χ0) is 20.1. The molecule has 0 bridgehead atoms. The van der Waals surface area contributed by atoms with Gasteiger partial charge < -0.3 is 14.2 Å². The summed E-state index contributed by atoms with van der Waals surface area (Å²) in [4.78, 5) is 23.1. The number of rotatable bonds is 7. The van der Waals surface area contributed by atoms with Crippen LogP contribution >= 0.6 is 0 Å². The quantitative estimate of drug-likeness (QED) is 0.404. The molecule has 0 saturated heterocycles. The summed E-state index contributed by atoms with van der Waals surface area (Å²) in [6, 6.07) is 11.7. The second kappa shape index (κ2) is 7.59. The van der Waals surface area contributed by atoms with Gasteiger partial charge in [-0.2, -0.15) is 15.8 Å². The molecule has 8 nitrogen and oxygen atoms in total. The molecule has 1 fully saturated rings. The molecule has 1 aromatic rings. The van der Waals surface area contributed by atoms with Crippen LogP contribution in [-0.4, -0.2) is 32.3 Å². The van der Waals surface area contributed by atoms with Crippen molar-refractivity contribution in [3.05, 3.63) is 42.5 Å². The average Bonchev–Trinajstić information content (AvgIpc) is 3.34. The van der Waals surface area contributed by atoms with Gasteiger partial charge in [0, 0.05) is 6.08 Å². The first kappa shape index (κ1) is 19.5. The Bertz CT molecular complexity index is 874. The highest BCUT2D eigenvalue weighted by atomic mass is 16.6. The molecule has 0 spiro atoms. The van der Waals surface area contributed by atoms with Gasteiger partial charge in [-0.1, -0.05) is 18.7 Å². The summed E-state index contributed by atoms with van der Waals surface area (Å²) in [7, 11) is 1.10. The second-order valence-electron chi connectivity index (χ2n) is 5.67. The number of nitrogens with zero attached hydrogens (tertiary/aromatic N) is 3. The van der Waals surface area contributed by atoms with Crippen molar-refractivity contribution in [1.29, 1.82) is 15.8 Å². The molecule has 1 aliphatic carbocycles. The van der Waals surface area contributed by atoms with Crippen LogP contribution in [0, 0.1) is 44.8 Å². The standard InChI is InChI=1S/C19H15N3O5/c1-3-15(23)27-9-8-26-14-6-4-13(5-7-14)16-18(10-20,11-21)19(16,12-22)17(24)25-2/h3-7,16H,1,8-9H2,2H3. The van der Waals surface area contributed by atoms with E-state index in [4.69, 9.17) is 9.47 Å². The molecule has 0 amide bonds. The number of methoxy groups -OCH3 is 1. The lowest BCUT2D eigenvalue weighted by Gasteiger charge is -2.08. The maximum Gasteiger partial charge on any atom is 0.330 e. The van der Waals surface area contributed by atoms with Crippen LogP contribution in [0.2, 0.25) is 0 Å². The number of esters is 2. The number of ether oxygens (including phenoxy) is 3. The number of nitriles is 3. The fraction of sp³-hybridized carbons (Fsp3) is 0.316. The van der Waals surface area contributed by atoms with E-state index in [9.17, 15) is 25.4 Å². The summed E-state index contributed by atoms with van der Waals surface area (Å²) in [5, 5.41) is 28.4. The third kappa shape index (κ3) is 2.96. The summed E-state index contributed by atoms with van der Waals surface area (Å²) in [6.45, 7) is 3.44. The van der Waals surface area contributed by atoms with E-state index in [2.05, 4.69) is 11.3 Å². The van der Waals surface area contributed by atoms with E-state index in [1.54, 1.807) is 24.3 Å². The topological polar surface area (TPSA) is 133 Å². The molecule has 1 saturated carbocycles. The average molecular weight is 365 g/mol. The van der Waals surface area contributed by atoms with Crippen molar-refractivity contribution in [2.24, 2.45) is 10.8 Å². The van der Waals surface area contributed by atoms with Gasteiger partial charge in [0.1, 0.15) is 19.0 Å². The lowest BCUT2D eigenvalue weighted by atomic mass is 9.97. The molecule has 136 valence electrons. The minimum atomic E-state index is -1.87. The van der Waals surface area contributed by atoms with Crippen LogP contribution in [0.5, 0.6) is 5.75 Å². The van der Waals surface area contributed by atoms with Crippen LogP contribution in [0.3, 0.4) is 0 Å². The number of hydrogen-bond donors (Lipinski definition) is 0. The van der Waals surface area contributed by atoms with E-state index in [-0.39, 0.29) is 13.2 Å². The van der Waals surface area contributed by atoms with Crippen molar-refractivity contribution in [2.75, 3.05) is 20.3 Å². The van der Waals surface area contributed by atoms with E-state index in [1.165, 1.54) is 0 Å². The first-order valence-electron chi connectivity index (χ1n) is 7.81. The highest BCUT2D eigenvalue weighted by Crippen LogP contribution is 2.74. The molecule has 0 N–H and O–H groups in total. The third-order valence-electron chi connectivity index (χ3n) is 4.42. The van der Waals surface area contributed by atoms with Gasteiger partial charge >= 0.3 is 11.9 Å². The number of carbonyl (C=O) groups excluding carboxylic acids is 2. The summed E-state index contributed by atoms with van der Waals surface area (Å²) in [5.74, 6) is -1.95.